The van der Waals surface area contributed by atoms with Crippen LogP contribution in [0.1, 0.15) is 37.8 Å². The van der Waals surface area contributed by atoms with Crippen LogP contribution in [0.15, 0.2) is 22.7 Å². The highest BCUT2D eigenvalue weighted by Crippen LogP contribution is 2.45. The predicted octanol–water partition coefficient (Wildman–Crippen LogP) is 3.35. The van der Waals surface area contributed by atoms with Gasteiger partial charge in [0.2, 0.25) is 0 Å². The second-order valence-corrected chi connectivity index (χ2v) is 7.21. The summed E-state index contributed by atoms with van der Waals surface area (Å²) in [4.78, 5) is 2.43. The summed E-state index contributed by atoms with van der Waals surface area (Å²) in [6, 6.07) is 7.36. The predicted molar refractivity (Wildman–Crippen MR) is 85.2 cm³/mol. The molecule has 1 spiro atoms. The summed E-state index contributed by atoms with van der Waals surface area (Å²) in [6.07, 6.45) is 3.28. The van der Waals surface area contributed by atoms with Crippen LogP contribution >= 0.6 is 15.9 Å². The first-order chi connectivity index (χ1) is 9.53. The van der Waals surface area contributed by atoms with Gasteiger partial charge in [-0.05, 0) is 39.6 Å². The highest BCUT2D eigenvalue weighted by molar-refractivity contribution is 9.10. The lowest BCUT2D eigenvalue weighted by Crippen LogP contribution is -2.53. The molecule has 0 radical (unpaired) electrons. The topological polar surface area (TPSA) is 24.5 Å². The smallest absolute Gasteiger partial charge is 0.126 e. The third kappa shape index (κ3) is 2.49. The maximum atomic E-state index is 6.50. The molecule has 3 atom stereocenters. The molecule has 0 bridgehead atoms. The Morgan fingerprint density at radius 1 is 1.40 bits per heavy atom. The van der Waals surface area contributed by atoms with Crippen LogP contribution in [0.25, 0.3) is 0 Å². The number of likely N-dealkylation sites (tertiary alicyclic amines) is 1. The number of ether oxygens (including phenoxy) is 1. The molecular weight excluding hydrogens is 316 g/mol. The molecule has 1 fully saturated rings. The first kappa shape index (κ1) is 14.4. The van der Waals surface area contributed by atoms with Crippen molar-refractivity contribution in [3.63, 3.8) is 0 Å². The SMILES string of the molecule is CNC1CC2(CCN(C)C(C)C2)Oc2cc(Br)ccc21. The number of benzene rings is 1. The molecule has 0 aromatic heterocycles. The summed E-state index contributed by atoms with van der Waals surface area (Å²) in [5, 5.41) is 3.47. The zero-order valence-electron chi connectivity index (χ0n) is 12.4. The largest absolute Gasteiger partial charge is 0.487 e. The van der Waals surface area contributed by atoms with E-state index in [1.165, 1.54) is 5.56 Å². The van der Waals surface area contributed by atoms with Crippen molar-refractivity contribution in [1.82, 2.24) is 10.2 Å². The van der Waals surface area contributed by atoms with Gasteiger partial charge in [-0.1, -0.05) is 22.0 Å². The first-order valence-electron chi connectivity index (χ1n) is 7.39. The van der Waals surface area contributed by atoms with Crippen molar-refractivity contribution < 1.29 is 4.74 Å². The summed E-state index contributed by atoms with van der Waals surface area (Å²) in [7, 11) is 4.26. The minimum Gasteiger partial charge on any atom is -0.487 e. The van der Waals surface area contributed by atoms with E-state index in [0.717, 1.165) is 36.0 Å². The summed E-state index contributed by atoms with van der Waals surface area (Å²) in [5.74, 6) is 1.04. The van der Waals surface area contributed by atoms with E-state index < -0.39 is 0 Å². The molecule has 3 unspecified atom stereocenters. The minimum absolute atomic E-state index is 0.00655. The Bertz CT molecular complexity index is 507. The van der Waals surface area contributed by atoms with Gasteiger partial charge < -0.3 is 15.0 Å². The first-order valence-corrected chi connectivity index (χ1v) is 8.18. The maximum absolute atomic E-state index is 6.50. The summed E-state index contributed by atoms with van der Waals surface area (Å²) < 4.78 is 7.58. The van der Waals surface area contributed by atoms with E-state index in [4.69, 9.17) is 4.74 Å². The fourth-order valence-electron chi connectivity index (χ4n) is 3.57. The Balaban J connectivity index is 1.93. The summed E-state index contributed by atoms with van der Waals surface area (Å²) >= 11 is 3.56. The molecule has 0 saturated carbocycles. The number of nitrogens with zero attached hydrogens (tertiary/aromatic N) is 1. The molecule has 1 N–H and O–H groups in total. The van der Waals surface area contributed by atoms with Gasteiger partial charge in [0.25, 0.3) is 0 Å². The van der Waals surface area contributed by atoms with Crippen LogP contribution in [0.5, 0.6) is 5.75 Å². The standard InChI is InChI=1S/C16H23BrN2O/c1-11-9-16(6-7-19(11)3)10-14(18-2)13-5-4-12(17)8-15(13)20-16/h4-5,8,11,14,18H,6-7,9-10H2,1-3H3. The number of fused-ring (bicyclic) bond motifs is 1. The Kier molecular flexibility index (Phi) is 3.82. The van der Waals surface area contributed by atoms with E-state index in [0.29, 0.717) is 12.1 Å². The van der Waals surface area contributed by atoms with Crippen LogP contribution in [0, 0.1) is 0 Å². The van der Waals surface area contributed by atoms with Crippen molar-refractivity contribution in [3.05, 3.63) is 28.2 Å². The van der Waals surface area contributed by atoms with Crippen molar-refractivity contribution in [2.24, 2.45) is 0 Å². The van der Waals surface area contributed by atoms with Gasteiger partial charge in [-0.25, -0.2) is 0 Å². The van der Waals surface area contributed by atoms with E-state index in [9.17, 15) is 0 Å². The van der Waals surface area contributed by atoms with Crippen molar-refractivity contribution >= 4 is 15.9 Å². The maximum Gasteiger partial charge on any atom is 0.126 e. The quantitative estimate of drug-likeness (QED) is 0.849. The molecule has 2 heterocycles. The van der Waals surface area contributed by atoms with Gasteiger partial charge in [0, 0.05) is 41.5 Å². The summed E-state index contributed by atoms with van der Waals surface area (Å²) in [6.45, 7) is 3.41. The number of rotatable bonds is 1. The molecule has 110 valence electrons. The Morgan fingerprint density at radius 3 is 2.90 bits per heavy atom. The Labute approximate surface area is 129 Å². The Hall–Kier alpha value is -0.580. The van der Waals surface area contributed by atoms with Crippen LogP contribution in [0.3, 0.4) is 0 Å². The number of halogens is 1. The fourth-order valence-corrected chi connectivity index (χ4v) is 3.91. The summed E-state index contributed by atoms with van der Waals surface area (Å²) in [5.41, 5.74) is 1.28. The van der Waals surface area contributed by atoms with Crippen LogP contribution in [0.2, 0.25) is 0 Å². The number of piperidine rings is 1. The molecular formula is C16H23BrN2O. The van der Waals surface area contributed by atoms with E-state index in [2.05, 4.69) is 58.3 Å². The van der Waals surface area contributed by atoms with Crippen LogP contribution in [0.4, 0.5) is 0 Å². The zero-order chi connectivity index (χ0) is 14.3. The van der Waals surface area contributed by atoms with Crippen LogP contribution in [-0.2, 0) is 0 Å². The molecule has 4 heteroatoms. The number of hydrogen-bond donors (Lipinski definition) is 1. The van der Waals surface area contributed by atoms with Gasteiger partial charge in [0.15, 0.2) is 0 Å². The highest BCUT2D eigenvalue weighted by atomic mass is 79.9. The van der Waals surface area contributed by atoms with Crippen molar-refractivity contribution in [1.29, 1.82) is 0 Å². The van der Waals surface area contributed by atoms with Gasteiger partial charge in [-0.2, -0.15) is 0 Å². The highest BCUT2D eigenvalue weighted by Gasteiger charge is 2.44. The molecule has 0 aliphatic carbocycles. The lowest BCUT2D eigenvalue weighted by Gasteiger charge is -2.48. The molecule has 3 rings (SSSR count). The second-order valence-electron chi connectivity index (χ2n) is 6.30. The zero-order valence-corrected chi connectivity index (χ0v) is 14.0. The minimum atomic E-state index is -0.00655. The van der Waals surface area contributed by atoms with Gasteiger partial charge in [0.1, 0.15) is 11.4 Å². The molecule has 2 aliphatic heterocycles. The van der Waals surface area contributed by atoms with Gasteiger partial charge >= 0.3 is 0 Å². The average molecular weight is 339 g/mol. The lowest BCUT2D eigenvalue weighted by molar-refractivity contribution is -0.0384. The van der Waals surface area contributed by atoms with Gasteiger partial charge in [-0.3, -0.25) is 0 Å². The van der Waals surface area contributed by atoms with E-state index in [-0.39, 0.29) is 5.60 Å². The fraction of sp³-hybridized carbons (Fsp3) is 0.625. The number of hydrogen-bond acceptors (Lipinski definition) is 3. The molecule has 1 aromatic rings. The second kappa shape index (κ2) is 5.32. The van der Waals surface area contributed by atoms with Gasteiger partial charge in [0.05, 0.1) is 0 Å². The molecule has 3 nitrogen and oxygen atoms in total. The van der Waals surface area contributed by atoms with E-state index in [1.54, 1.807) is 0 Å². The van der Waals surface area contributed by atoms with E-state index in [1.807, 2.05) is 7.05 Å². The normalized spacial score (nSPS) is 33.8. The van der Waals surface area contributed by atoms with Crippen molar-refractivity contribution in [2.75, 3.05) is 20.6 Å². The van der Waals surface area contributed by atoms with Gasteiger partial charge in [-0.15, -0.1) is 0 Å². The Morgan fingerprint density at radius 2 is 2.20 bits per heavy atom. The monoisotopic (exact) mass is 338 g/mol. The molecule has 20 heavy (non-hydrogen) atoms. The van der Waals surface area contributed by atoms with Crippen LogP contribution in [-0.4, -0.2) is 37.2 Å². The third-order valence-electron chi connectivity index (χ3n) is 4.94. The molecule has 2 aliphatic rings. The molecule has 1 saturated heterocycles. The molecule has 1 aromatic carbocycles. The van der Waals surface area contributed by atoms with Crippen LogP contribution < -0.4 is 10.1 Å². The molecule has 0 amide bonds. The third-order valence-corrected chi connectivity index (χ3v) is 5.44. The average Bonchev–Trinajstić information content (AvgIpc) is 2.42. The van der Waals surface area contributed by atoms with Crippen molar-refractivity contribution in [2.45, 2.75) is 43.9 Å². The number of nitrogens with one attached hydrogen (secondary N) is 1. The lowest BCUT2D eigenvalue weighted by atomic mass is 9.78. The van der Waals surface area contributed by atoms with E-state index >= 15 is 0 Å². The van der Waals surface area contributed by atoms with Crippen molar-refractivity contribution in [3.8, 4) is 5.75 Å².